The summed E-state index contributed by atoms with van der Waals surface area (Å²) < 4.78 is 0. The van der Waals surface area contributed by atoms with E-state index in [1.807, 2.05) is 0 Å². The first-order chi connectivity index (χ1) is 7.43. The smallest absolute Gasteiger partial charge is 0.0110 e. The molecule has 2 heteroatoms. The fraction of sp³-hybridized carbons (Fsp3) is 1.00. The van der Waals surface area contributed by atoms with Crippen molar-refractivity contribution in [2.45, 2.75) is 51.9 Å². The number of hydrogen-bond acceptors (Lipinski definition) is 2. The summed E-state index contributed by atoms with van der Waals surface area (Å²) in [5.41, 5.74) is 0. The monoisotopic (exact) mass is 229 g/mol. The quantitative estimate of drug-likeness (QED) is 0.392. The van der Waals surface area contributed by atoms with Crippen LogP contribution >= 0.6 is 11.8 Å². The normalized spacial score (nSPS) is 15.8. The molecule has 0 bridgehead atoms. The lowest BCUT2D eigenvalue weighted by Gasteiger charge is -2.02. The summed E-state index contributed by atoms with van der Waals surface area (Å²) in [6.07, 6.45) is 9.98. The molecule has 15 heavy (non-hydrogen) atoms. The molecular formula is C13H27NS. The lowest BCUT2D eigenvalue weighted by atomic mass is 10.2. The number of rotatable bonds is 11. The molecule has 1 saturated heterocycles. The van der Waals surface area contributed by atoms with Crippen LogP contribution in [0.5, 0.6) is 0 Å². The van der Waals surface area contributed by atoms with E-state index in [1.54, 1.807) is 0 Å². The second-order valence-electron chi connectivity index (χ2n) is 4.58. The Morgan fingerprint density at radius 3 is 2.13 bits per heavy atom. The molecule has 0 spiro atoms. The molecule has 1 rings (SSSR count). The molecule has 0 aliphatic carbocycles. The molecule has 1 aliphatic rings. The van der Waals surface area contributed by atoms with Gasteiger partial charge in [0.05, 0.1) is 0 Å². The highest BCUT2D eigenvalue weighted by Crippen LogP contribution is 2.12. The Bertz CT molecular complexity index is 134. The van der Waals surface area contributed by atoms with E-state index in [9.17, 15) is 0 Å². The minimum Gasteiger partial charge on any atom is -0.301 e. The highest BCUT2D eigenvalue weighted by atomic mass is 32.2. The highest BCUT2D eigenvalue weighted by Gasteiger charge is 2.14. The summed E-state index contributed by atoms with van der Waals surface area (Å²) in [5.74, 6) is 2.79. The predicted octanol–water partition coefficient (Wildman–Crippen LogP) is 3.79. The topological polar surface area (TPSA) is 3.01 Å². The van der Waals surface area contributed by atoms with Crippen LogP contribution in [-0.2, 0) is 0 Å². The molecule has 0 aromatic rings. The van der Waals surface area contributed by atoms with Gasteiger partial charge in [0.1, 0.15) is 0 Å². The molecule has 1 heterocycles. The van der Waals surface area contributed by atoms with E-state index in [2.05, 4.69) is 23.6 Å². The Balaban J connectivity index is 1.62. The molecular weight excluding hydrogens is 202 g/mol. The van der Waals surface area contributed by atoms with Crippen molar-refractivity contribution in [2.75, 3.05) is 31.1 Å². The first-order valence-corrected chi connectivity index (χ1v) is 7.89. The van der Waals surface area contributed by atoms with Crippen molar-refractivity contribution in [3.8, 4) is 0 Å². The maximum absolute atomic E-state index is 2.53. The Labute approximate surface area is 100.0 Å². The van der Waals surface area contributed by atoms with Crippen molar-refractivity contribution in [3.05, 3.63) is 0 Å². The SMILES string of the molecule is CCCCCCSCCCCCN1CC1. The molecule has 90 valence electrons. The lowest BCUT2D eigenvalue weighted by Crippen LogP contribution is -1.98. The minimum absolute atomic E-state index is 1.36. The fourth-order valence-corrected chi connectivity index (χ4v) is 2.76. The van der Waals surface area contributed by atoms with E-state index in [-0.39, 0.29) is 0 Å². The second kappa shape index (κ2) is 9.53. The summed E-state index contributed by atoms with van der Waals surface area (Å²) >= 11 is 2.16. The number of hydrogen-bond donors (Lipinski definition) is 0. The summed E-state index contributed by atoms with van der Waals surface area (Å²) in [5, 5.41) is 0. The van der Waals surface area contributed by atoms with Crippen LogP contribution in [0.25, 0.3) is 0 Å². The first kappa shape index (κ1) is 13.4. The van der Waals surface area contributed by atoms with Gasteiger partial charge in [-0.3, -0.25) is 0 Å². The van der Waals surface area contributed by atoms with Crippen LogP contribution in [0.1, 0.15) is 51.9 Å². The Kier molecular flexibility index (Phi) is 8.50. The third kappa shape index (κ3) is 9.25. The average Bonchev–Trinajstić information content (AvgIpc) is 3.05. The summed E-state index contributed by atoms with van der Waals surface area (Å²) in [7, 11) is 0. The first-order valence-electron chi connectivity index (χ1n) is 6.73. The van der Waals surface area contributed by atoms with Gasteiger partial charge < -0.3 is 4.90 Å². The van der Waals surface area contributed by atoms with Crippen molar-refractivity contribution in [3.63, 3.8) is 0 Å². The summed E-state index contributed by atoms with van der Waals surface area (Å²) in [6, 6.07) is 0. The molecule has 0 N–H and O–H groups in total. The van der Waals surface area contributed by atoms with Crippen molar-refractivity contribution < 1.29 is 0 Å². The molecule has 1 aliphatic heterocycles. The molecule has 1 fully saturated rings. The Morgan fingerprint density at radius 2 is 1.53 bits per heavy atom. The van der Waals surface area contributed by atoms with Crippen LogP contribution in [-0.4, -0.2) is 36.0 Å². The molecule has 0 radical (unpaired) electrons. The van der Waals surface area contributed by atoms with Gasteiger partial charge in [0.25, 0.3) is 0 Å². The van der Waals surface area contributed by atoms with Gasteiger partial charge in [-0.15, -0.1) is 0 Å². The second-order valence-corrected chi connectivity index (χ2v) is 5.80. The van der Waals surface area contributed by atoms with Crippen molar-refractivity contribution in [1.29, 1.82) is 0 Å². The van der Waals surface area contributed by atoms with Crippen LogP contribution in [0.3, 0.4) is 0 Å². The molecule has 0 aromatic carbocycles. The van der Waals surface area contributed by atoms with Crippen molar-refractivity contribution in [1.82, 2.24) is 4.90 Å². The molecule has 0 unspecified atom stereocenters. The van der Waals surface area contributed by atoms with Crippen LogP contribution in [0, 0.1) is 0 Å². The predicted molar refractivity (Wildman–Crippen MR) is 71.8 cm³/mol. The lowest BCUT2D eigenvalue weighted by molar-refractivity contribution is 0.518. The molecule has 0 atom stereocenters. The van der Waals surface area contributed by atoms with Crippen LogP contribution in [0.4, 0.5) is 0 Å². The van der Waals surface area contributed by atoms with Crippen LogP contribution in [0.2, 0.25) is 0 Å². The summed E-state index contributed by atoms with van der Waals surface area (Å²) in [6.45, 7) is 6.38. The van der Waals surface area contributed by atoms with Gasteiger partial charge in [-0.1, -0.05) is 32.6 Å². The number of nitrogens with zero attached hydrogens (tertiary/aromatic N) is 1. The zero-order valence-electron chi connectivity index (χ0n) is 10.3. The average molecular weight is 229 g/mol. The van der Waals surface area contributed by atoms with Gasteiger partial charge in [-0.2, -0.15) is 11.8 Å². The highest BCUT2D eigenvalue weighted by molar-refractivity contribution is 7.99. The minimum atomic E-state index is 1.36. The van der Waals surface area contributed by atoms with Gasteiger partial charge >= 0.3 is 0 Å². The standard InChI is InChI=1S/C13H27NS/c1-2-3-4-7-12-15-13-8-5-6-9-14-10-11-14/h2-13H2,1H3. The van der Waals surface area contributed by atoms with Gasteiger partial charge in [0.15, 0.2) is 0 Å². The third-order valence-corrected chi connectivity index (χ3v) is 4.10. The van der Waals surface area contributed by atoms with Crippen molar-refractivity contribution >= 4 is 11.8 Å². The molecule has 1 nitrogen and oxygen atoms in total. The zero-order chi connectivity index (χ0) is 10.8. The summed E-state index contributed by atoms with van der Waals surface area (Å²) in [4.78, 5) is 2.53. The third-order valence-electron chi connectivity index (χ3n) is 2.95. The van der Waals surface area contributed by atoms with E-state index in [1.165, 1.54) is 76.1 Å². The number of unbranched alkanes of at least 4 members (excludes halogenated alkanes) is 5. The Hall–Kier alpha value is 0.310. The van der Waals surface area contributed by atoms with Gasteiger partial charge in [-0.05, 0) is 37.3 Å². The molecule has 0 saturated carbocycles. The van der Waals surface area contributed by atoms with E-state index in [4.69, 9.17) is 0 Å². The van der Waals surface area contributed by atoms with E-state index in [0.717, 1.165) is 0 Å². The van der Waals surface area contributed by atoms with E-state index < -0.39 is 0 Å². The van der Waals surface area contributed by atoms with Crippen molar-refractivity contribution in [2.24, 2.45) is 0 Å². The largest absolute Gasteiger partial charge is 0.301 e. The maximum atomic E-state index is 2.53. The Morgan fingerprint density at radius 1 is 0.867 bits per heavy atom. The van der Waals surface area contributed by atoms with Crippen LogP contribution in [0.15, 0.2) is 0 Å². The van der Waals surface area contributed by atoms with E-state index >= 15 is 0 Å². The molecule has 0 aromatic heterocycles. The van der Waals surface area contributed by atoms with Gasteiger partial charge in [0.2, 0.25) is 0 Å². The maximum Gasteiger partial charge on any atom is 0.0110 e. The fourth-order valence-electron chi connectivity index (χ4n) is 1.74. The van der Waals surface area contributed by atoms with Gasteiger partial charge in [0, 0.05) is 13.1 Å². The van der Waals surface area contributed by atoms with Gasteiger partial charge in [-0.25, -0.2) is 0 Å². The van der Waals surface area contributed by atoms with E-state index in [0.29, 0.717) is 0 Å². The number of thioether (sulfide) groups is 1. The molecule has 0 amide bonds. The zero-order valence-corrected chi connectivity index (χ0v) is 11.2. The van der Waals surface area contributed by atoms with Crippen LogP contribution < -0.4 is 0 Å².